The molecular formula is C18H14FN5O. The zero-order chi connectivity index (χ0) is 17.4. The first kappa shape index (κ1) is 15.1. The second kappa shape index (κ2) is 5.86. The quantitative estimate of drug-likeness (QED) is 0.597. The van der Waals surface area contributed by atoms with Gasteiger partial charge in [0, 0.05) is 11.8 Å². The normalized spacial score (nSPS) is 11.0. The lowest BCUT2D eigenvalue weighted by molar-refractivity contribution is 0.475. The van der Waals surface area contributed by atoms with E-state index >= 15 is 0 Å². The molecule has 0 aliphatic rings. The number of aryl methyl sites for hydroxylation is 1. The standard InChI is InChI=1S/C18H14FN5O/c1-11-16-17(22-12-5-4-6-13(25)9-12)20-10-21-18(16)24(23-11)15-8-3-2-7-14(15)19/h2-10,25H,1H3,(H,20,21,22). The minimum atomic E-state index is -0.381. The lowest BCUT2D eigenvalue weighted by Gasteiger charge is -2.08. The van der Waals surface area contributed by atoms with Crippen LogP contribution in [-0.2, 0) is 0 Å². The molecule has 124 valence electrons. The van der Waals surface area contributed by atoms with Gasteiger partial charge in [-0.05, 0) is 31.2 Å². The molecule has 0 amide bonds. The van der Waals surface area contributed by atoms with Gasteiger partial charge >= 0.3 is 0 Å². The Hall–Kier alpha value is -3.48. The van der Waals surface area contributed by atoms with Crippen LogP contribution in [0.25, 0.3) is 16.7 Å². The van der Waals surface area contributed by atoms with E-state index in [1.54, 1.807) is 36.4 Å². The average molecular weight is 335 g/mol. The molecule has 4 aromatic rings. The Morgan fingerprint density at radius 3 is 2.72 bits per heavy atom. The van der Waals surface area contributed by atoms with E-state index in [4.69, 9.17) is 0 Å². The van der Waals surface area contributed by atoms with Crippen LogP contribution in [0.2, 0.25) is 0 Å². The number of fused-ring (bicyclic) bond motifs is 1. The Bertz CT molecular complexity index is 1080. The number of nitrogens with zero attached hydrogens (tertiary/aromatic N) is 4. The van der Waals surface area contributed by atoms with Crippen LogP contribution >= 0.6 is 0 Å². The molecule has 0 bridgehead atoms. The van der Waals surface area contributed by atoms with Gasteiger partial charge in [0.2, 0.25) is 0 Å². The van der Waals surface area contributed by atoms with Gasteiger partial charge < -0.3 is 10.4 Å². The third-order valence-corrected chi connectivity index (χ3v) is 3.83. The van der Waals surface area contributed by atoms with Crippen molar-refractivity contribution in [1.29, 1.82) is 0 Å². The van der Waals surface area contributed by atoms with E-state index < -0.39 is 0 Å². The Kier molecular flexibility index (Phi) is 3.53. The van der Waals surface area contributed by atoms with Crippen molar-refractivity contribution in [1.82, 2.24) is 19.7 Å². The van der Waals surface area contributed by atoms with Crippen LogP contribution in [0.3, 0.4) is 0 Å². The number of halogens is 1. The Morgan fingerprint density at radius 2 is 1.92 bits per heavy atom. The minimum Gasteiger partial charge on any atom is -0.508 e. The number of phenols is 1. The van der Waals surface area contributed by atoms with E-state index in [0.29, 0.717) is 33.9 Å². The van der Waals surface area contributed by atoms with E-state index in [2.05, 4.69) is 20.4 Å². The zero-order valence-corrected chi connectivity index (χ0v) is 13.3. The van der Waals surface area contributed by atoms with Crippen LogP contribution in [0.4, 0.5) is 15.9 Å². The molecule has 0 spiro atoms. The summed E-state index contributed by atoms with van der Waals surface area (Å²) in [6, 6.07) is 13.1. The molecule has 0 fully saturated rings. The van der Waals surface area contributed by atoms with Gasteiger partial charge in [-0.25, -0.2) is 19.0 Å². The van der Waals surface area contributed by atoms with Crippen molar-refractivity contribution in [3.05, 3.63) is 66.4 Å². The van der Waals surface area contributed by atoms with Crippen molar-refractivity contribution >= 4 is 22.5 Å². The first-order valence-electron chi connectivity index (χ1n) is 7.65. The van der Waals surface area contributed by atoms with Gasteiger partial charge in [-0.1, -0.05) is 18.2 Å². The van der Waals surface area contributed by atoms with Crippen LogP contribution in [0, 0.1) is 12.7 Å². The summed E-state index contributed by atoms with van der Waals surface area (Å²) in [5.74, 6) is 0.303. The van der Waals surface area contributed by atoms with Gasteiger partial charge in [-0.15, -0.1) is 0 Å². The highest BCUT2D eigenvalue weighted by Gasteiger charge is 2.17. The highest BCUT2D eigenvalue weighted by molar-refractivity contribution is 5.91. The lowest BCUT2D eigenvalue weighted by Crippen LogP contribution is -2.01. The summed E-state index contributed by atoms with van der Waals surface area (Å²) in [6.45, 7) is 1.82. The Balaban J connectivity index is 1.87. The molecule has 0 atom stereocenters. The van der Waals surface area contributed by atoms with Crippen LogP contribution in [0.5, 0.6) is 5.75 Å². The first-order chi connectivity index (χ1) is 12.1. The summed E-state index contributed by atoms with van der Waals surface area (Å²) in [7, 11) is 0. The van der Waals surface area contributed by atoms with Crippen molar-refractivity contribution in [2.45, 2.75) is 6.92 Å². The first-order valence-corrected chi connectivity index (χ1v) is 7.65. The highest BCUT2D eigenvalue weighted by Crippen LogP contribution is 2.29. The van der Waals surface area contributed by atoms with Crippen molar-refractivity contribution in [2.75, 3.05) is 5.32 Å². The van der Waals surface area contributed by atoms with Crippen LogP contribution in [0.1, 0.15) is 5.69 Å². The molecular weight excluding hydrogens is 321 g/mol. The second-order valence-corrected chi connectivity index (χ2v) is 5.54. The van der Waals surface area contributed by atoms with E-state index in [-0.39, 0.29) is 11.6 Å². The summed E-state index contributed by atoms with van der Waals surface area (Å²) in [5.41, 5.74) is 2.17. The van der Waals surface area contributed by atoms with Gasteiger partial charge in [0.1, 0.15) is 29.4 Å². The molecule has 0 unspecified atom stereocenters. The van der Waals surface area contributed by atoms with Crippen molar-refractivity contribution in [2.24, 2.45) is 0 Å². The molecule has 2 aromatic carbocycles. The fourth-order valence-electron chi connectivity index (χ4n) is 2.72. The van der Waals surface area contributed by atoms with E-state index in [9.17, 15) is 9.50 Å². The predicted octanol–water partition coefficient (Wildman–Crippen LogP) is 3.71. The molecule has 6 nitrogen and oxygen atoms in total. The number of hydrogen-bond donors (Lipinski definition) is 2. The summed E-state index contributed by atoms with van der Waals surface area (Å²) in [6.07, 6.45) is 1.39. The van der Waals surface area contributed by atoms with Gasteiger partial charge in [-0.2, -0.15) is 5.10 Å². The summed E-state index contributed by atoms with van der Waals surface area (Å²) in [4.78, 5) is 8.54. The fraction of sp³-hybridized carbons (Fsp3) is 0.0556. The number of rotatable bonds is 3. The number of para-hydroxylation sites is 1. The number of aromatic nitrogens is 4. The van der Waals surface area contributed by atoms with Gasteiger partial charge in [0.05, 0.1) is 11.1 Å². The molecule has 0 aliphatic heterocycles. The van der Waals surface area contributed by atoms with E-state index in [0.717, 1.165) is 0 Å². The fourth-order valence-corrected chi connectivity index (χ4v) is 2.72. The molecule has 7 heteroatoms. The molecule has 0 saturated carbocycles. The number of phenolic OH excluding ortho intramolecular Hbond substituents is 1. The van der Waals surface area contributed by atoms with Crippen LogP contribution in [-0.4, -0.2) is 24.9 Å². The van der Waals surface area contributed by atoms with Gasteiger partial charge in [0.15, 0.2) is 5.65 Å². The highest BCUT2D eigenvalue weighted by atomic mass is 19.1. The van der Waals surface area contributed by atoms with Crippen LogP contribution < -0.4 is 5.32 Å². The Labute approximate surface area is 142 Å². The van der Waals surface area contributed by atoms with E-state index in [1.807, 2.05) is 13.0 Å². The minimum absolute atomic E-state index is 0.147. The zero-order valence-electron chi connectivity index (χ0n) is 13.3. The molecule has 2 aromatic heterocycles. The SMILES string of the molecule is Cc1nn(-c2ccccc2F)c2ncnc(Nc3cccc(O)c3)c12. The number of hydrogen-bond acceptors (Lipinski definition) is 5. The maximum atomic E-state index is 14.2. The van der Waals surface area contributed by atoms with E-state index in [1.165, 1.54) is 17.1 Å². The summed E-state index contributed by atoms with van der Waals surface area (Å²) in [5, 5.41) is 17.9. The third kappa shape index (κ3) is 2.65. The molecule has 4 rings (SSSR count). The van der Waals surface area contributed by atoms with Crippen molar-refractivity contribution < 1.29 is 9.50 Å². The molecule has 2 N–H and O–H groups in total. The predicted molar refractivity (Wildman–Crippen MR) is 92.7 cm³/mol. The number of anilines is 2. The smallest absolute Gasteiger partial charge is 0.168 e. The second-order valence-electron chi connectivity index (χ2n) is 5.54. The molecule has 25 heavy (non-hydrogen) atoms. The van der Waals surface area contributed by atoms with Gasteiger partial charge in [0.25, 0.3) is 0 Å². The number of nitrogens with one attached hydrogen (secondary N) is 1. The molecule has 0 radical (unpaired) electrons. The Morgan fingerprint density at radius 1 is 1.08 bits per heavy atom. The molecule has 2 heterocycles. The summed E-state index contributed by atoms with van der Waals surface area (Å²) >= 11 is 0. The van der Waals surface area contributed by atoms with Crippen LogP contribution in [0.15, 0.2) is 54.9 Å². The van der Waals surface area contributed by atoms with Crippen molar-refractivity contribution in [3.8, 4) is 11.4 Å². The number of aromatic hydroxyl groups is 1. The lowest BCUT2D eigenvalue weighted by atomic mass is 10.2. The molecule has 0 saturated heterocycles. The monoisotopic (exact) mass is 335 g/mol. The average Bonchev–Trinajstić information content (AvgIpc) is 2.93. The third-order valence-electron chi connectivity index (χ3n) is 3.83. The summed E-state index contributed by atoms with van der Waals surface area (Å²) < 4.78 is 15.6. The largest absolute Gasteiger partial charge is 0.508 e. The maximum absolute atomic E-state index is 14.2. The molecule has 0 aliphatic carbocycles. The number of benzene rings is 2. The topological polar surface area (TPSA) is 75.9 Å². The van der Waals surface area contributed by atoms with Gasteiger partial charge in [-0.3, -0.25) is 0 Å². The van der Waals surface area contributed by atoms with Crippen molar-refractivity contribution in [3.63, 3.8) is 0 Å². The maximum Gasteiger partial charge on any atom is 0.168 e.